The van der Waals surface area contributed by atoms with E-state index < -0.39 is 15.6 Å². The number of nitrogens with zero attached hydrogens (tertiary/aromatic N) is 3. The van der Waals surface area contributed by atoms with Crippen molar-refractivity contribution in [3.05, 3.63) is 0 Å². The number of rotatable bonds is 28. The molecule has 0 fully saturated rings. The number of unbranched alkanes of at least 4 members (excludes halogenated alkanes) is 13. The Balaban J connectivity index is 0.0000168. The Kier molecular flexibility index (Phi) is 21.3. The molecule has 9 nitrogen and oxygen atoms in total. The maximum absolute atomic E-state index is 12.2. The predicted octanol–water partition coefficient (Wildman–Crippen LogP) is 7.18. The lowest BCUT2D eigenvalue weighted by Gasteiger charge is -2.08. The van der Waals surface area contributed by atoms with Crippen molar-refractivity contribution in [2.24, 2.45) is 21.4 Å². The van der Waals surface area contributed by atoms with Gasteiger partial charge in [-0.15, -0.1) is 5.10 Å². The lowest BCUT2D eigenvalue weighted by Crippen LogP contribution is -2.25. The second-order valence-electron chi connectivity index (χ2n) is 11.7. The van der Waals surface area contributed by atoms with Crippen molar-refractivity contribution < 1.29 is 24.2 Å². The van der Waals surface area contributed by atoms with E-state index in [1.807, 2.05) is 6.92 Å². The van der Waals surface area contributed by atoms with E-state index in [1.165, 1.54) is 64.2 Å². The molecule has 1 rings (SSSR count). The topological polar surface area (TPSA) is 134 Å². The Labute approximate surface area is 250 Å². The highest BCUT2D eigenvalue weighted by molar-refractivity contribution is 7.92. The van der Waals surface area contributed by atoms with Crippen LogP contribution in [0.5, 0.6) is 0 Å². The zero-order valence-electron chi connectivity index (χ0n) is 25.8. The molecule has 1 heterocycles. The van der Waals surface area contributed by atoms with Crippen LogP contribution < -0.4 is 5.32 Å². The molecule has 0 aromatic heterocycles. The smallest absolute Gasteiger partial charge is 0.220 e. The summed E-state index contributed by atoms with van der Waals surface area (Å²) in [7, 11) is -3.47. The number of carbonyl (C=O) groups is 3. The summed E-state index contributed by atoms with van der Waals surface area (Å²) >= 11 is 0. The van der Waals surface area contributed by atoms with E-state index in [0.29, 0.717) is 19.5 Å². The first-order valence-electron chi connectivity index (χ1n) is 16.1. The normalized spacial score (nSPS) is 13.8. The zero-order valence-corrected chi connectivity index (χ0v) is 26.7. The quantitative estimate of drug-likeness (QED) is 0.0952. The molecule has 0 unspecified atom stereocenters. The SMILES string of the molecule is CC(=O)[C@@H](C)CCCCNC(=O)CCCS(=O)(=O)CC(=O)CCCCCCCCCCCCCCCC1=NN=NC1.[HH]. The summed E-state index contributed by atoms with van der Waals surface area (Å²) < 4.78 is 24.5. The molecule has 1 amide bonds. The van der Waals surface area contributed by atoms with Crippen LogP contribution in [0.25, 0.3) is 0 Å². The first kappa shape index (κ1) is 37.1. The van der Waals surface area contributed by atoms with Gasteiger partial charge < -0.3 is 5.32 Å². The molecule has 1 atom stereocenters. The van der Waals surface area contributed by atoms with Crippen molar-refractivity contribution in [3.63, 3.8) is 0 Å². The fraction of sp³-hybridized carbons (Fsp3) is 0.871. The van der Waals surface area contributed by atoms with Gasteiger partial charge in [-0.25, -0.2) is 8.42 Å². The molecule has 0 spiro atoms. The van der Waals surface area contributed by atoms with E-state index in [9.17, 15) is 22.8 Å². The van der Waals surface area contributed by atoms with E-state index in [-0.39, 0.29) is 43.4 Å². The highest BCUT2D eigenvalue weighted by Crippen LogP contribution is 2.14. The van der Waals surface area contributed by atoms with Crippen molar-refractivity contribution in [2.45, 2.75) is 142 Å². The maximum Gasteiger partial charge on any atom is 0.220 e. The van der Waals surface area contributed by atoms with Crippen LogP contribution in [0.1, 0.15) is 144 Å². The highest BCUT2D eigenvalue weighted by Gasteiger charge is 2.17. The van der Waals surface area contributed by atoms with E-state index in [4.69, 9.17) is 0 Å². The van der Waals surface area contributed by atoms with Gasteiger partial charge in [-0.05, 0) is 50.7 Å². The largest absolute Gasteiger partial charge is 0.356 e. The minimum absolute atomic E-state index is 0. The molecule has 10 heteroatoms. The van der Waals surface area contributed by atoms with Gasteiger partial charge >= 0.3 is 0 Å². The Morgan fingerprint density at radius 2 is 1.39 bits per heavy atom. The summed E-state index contributed by atoms with van der Waals surface area (Å²) in [5.41, 5.74) is 1.12. The van der Waals surface area contributed by atoms with Gasteiger partial charge in [0.05, 0.1) is 11.5 Å². The first-order valence-corrected chi connectivity index (χ1v) is 17.9. The molecule has 0 aromatic rings. The minimum Gasteiger partial charge on any atom is -0.356 e. The average molecular weight is 599 g/mol. The number of carbonyl (C=O) groups excluding carboxylic acids is 3. The van der Waals surface area contributed by atoms with Crippen LogP contribution in [-0.4, -0.2) is 56.2 Å². The van der Waals surface area contributed by atoms with Crippen molar-refractivity contribution in [1.29, 1.82) is 0 Å². The van der Waals surface area contributed by atoms with Gasteiger partial charge in [-0.2, -0.15) is 5.11 Å². The number of hydrogen-bond donors (Lipinski definition) is 1. The summed E-state index contributed by atoms with van der Waals surface area (Å²) in [5.74, 6) is -0.700. The summed E-state index contributed by atoms with van der Waals surface area (Å²) in [6, 6.07) is 0. The first-order chi connectivity index (χ1) is 19.7. The van der Waals surface area contributed by atoms with E-state index in [0.717, 1.165) is 50.7 Å². The fourth-order valence-electron chi connectivity index (χ4n) is 4.90. The third-order valence-electron chi connectivity index (χ3n) is 7.74. The van der Waals surface area contributed by atoms with Gasteiger partial charge in [0.15, 0.2) is 9.84 Å². The van der Waals surface area contributed by atoms with Crippen LogP contribution >= 0.6 is 0 Å². The fourth-order valence-corrected chi connectivity index (χ4v) is 6.27. The Bertz CT molecular complexity index is 924. The molecule has 238 valence electrons. The van der Waals surface area contributed by atoms with Crippen LogP contribution in [0.15, 0.2) is 15.4 Å². The second-order valence-corrected chi connectivity index (χ2v) is 13.9. The Morgan fingerprint density at radius 3 is 1.95 bits per heavy atom. The van der Waals surface area contributed by atoms with Crippen molar-refractivity contribution in [1.82, 2.24) is 5.32 Å². The van der Waals surface area contributed by atoms with Gasteiger partial charge in [0, 0.05) is 26.7 Å². The molecular weight excluding hydrogens is 540 g/mol. The van der Waals surface area contributed by atoms with Crippen LogP contribution in [-0.2, 0) is 24.2 Å². The van der Waals surface area contributed by atoms with Crippen molar-refractivity contribution >= 4 is 33.0 Å². The lowest BCUT2D eigenvalue weighted by molar-refractivity contribution is -0.121. The van der Waals surface area contributed by atoms with Gasteiger partial charge in [-0.3, -0.25) is 14.4 Å². The average Bonchev–Trinajstić information content (AvgIpc) is 3.43. The molecule has 1 N–H and O–H groups in total. The van der Waals surface area contributed by atoms with Crippen LogP contribution in [0.2, 0.25) is 0 Å². The molecular formula is C31H58N4O5S. The van der Waals surface area contributed by atoms with E-state index in [2.05, 4.69) is 20.8 Å². The maximum atomic E-state index is 12.2. The predicted molar refractivity (Wildman–Crippen MR) is 168 cm³/mol. The van der Waals surface area contributed by atoms with Crippen molar-refractivity contribution in [2.75, 3.05) is 24.6 Å². The molecule has 0 saturated carbocycles. The summed E-state index contributed by atoms with van der Waals surface area (Å²) in [6.45, 7) is 4.72. The molecule has 0 aliphatic carbocycles. The molecule has 1 aliphatic rings. The minimum atomic E-state index is -3.47. The Hall–Kier alpha value is -1.97. The second kappa shape index (κ2) is 23.6. The van der Waals surface area contributed by atoms with E-state index in [1.54, 1.807) is 6.92 Å². The van der Waals surface area contributed by atoms with Gasteiger partial charge in [0.25, 0.3) is 0 Å². The number of ketones is 2. The number of sulfone groups is 1. The number of amides is 1. The highest BCUT2D eigenvalue weighted by atomic mass is 32.2. The summed E-state index contributed by atoms with van der Waals surface area (Å²) in [4.78, 5) is 35.3. The molecule has 0 radical (unpaired) electrons. The molecule has 41 heavy (non-hydrogen) atoms. The third kappa shape index (κ3) is 22.3. The third-order valence-corrected chi connectivity index (χ3v) is 9.42. The zero-order chi connectivity index (χ0) is 30.2. The van der Waals surface area contributed by atoms with Crippen LogP contribution in [0, 0.1) is 5.92 Å². The molecule has 0 saturated heterocycles. The van der Waals surface area contributed by atoms with Gasteiger partial charge in [0.2, 0.25) is 5.91 Å². The molecule has 0 bridgehead atoms. The summed E-state index contributed by atoms with van der Waals surface area (Å²) in [5, 5.41) is 14.3. The van der Waals surface area contributed by atoms with Gasteiger partial charge in [-0.1, -0.05) is 84.0 Å². The monoisotopic (exact) mass is 598 g/mol. The van der Waals surface area contributed by atoms with Crippen molar-refractivity contribution in [3.8, 4) is 0 Å². The summed E-state index contributed by atoms with van der Waals surface area (Å²) in [6.07, 6.45) is 19.7. The number of Topliss-reactive ketones (excluding diaryl/α,β-unsaturated/α-hetero) is 2. The van der Waals surface area contributed by atoms with E-state index >= 15 is 0 Å². The standard InChI is InChI=1S/C31H56N4O5S.H2/c1-27(28(2)36)19-16-17-23-32-31(38)22-18-24-41(39,40)26-30(37)21-15-13-11-9-7-5-3-4-6-8-10-12-14-20-29-25-33-35-34-29;/h27H,3-26H2,1-2H3,(H,32,38);1H/t27-;/m0./s1. The van der Waals surface area contributed by atoms with Crippen LogP contribution in [0.3, 0.4) is 0 Å². The Morgan fingerprint density at radius 1 is 0.805 bits per heavy atom. The van der Waals surface area contributed by atoms with Crippen LogP contribution in [0.4, 0.5) is 0 Å². The lowest BCUT2D eigenvalue weighted by atomic mass is 10.0. The molecule has 1 aliphatic heterocycles. The van der Waals surface area contributed by atoms with Gasteiger partial charge in [0.1, 0.15) is 23.9 Å². The number of nitrogens with one attached hydrogen (secondary N) is 1. The number of hydrogen-bond acceptors (Lipinski definition) is 8. The molecule has 0 aromatic carbocycles.